The predicted octanol–water partition coefficient (Wildman–Crippen LogP) is 5.24. The van der Waals surface area contributed by atoms with E-state index in [0.29, 0.717) is 5.92 Å². The molecule has 3 unspecified atom stereocenters. The van der Waals surface area contributed by atoms with Crippen LogP contribution in [0, 0.1) is 5.92 Å². The molecule has 0 aliphatic heterocycles. The van der Waals surface area contributed by atoms with Crippen molar-refractivity contribution in [2.24, 2.45) is 5.92 Å². The van der Waals surface area contributed by atoms with Crippen LogP contribution in [0.15, 0.2) is 30.3 Å². The first-order chi connectivity index (χ1) is 9.94. The van der Waals surface area contributed by atoms with E-state index in [1.165, 1.54) is 6.42 Å². The third-order valence-corrected chi connectivity index (χ3v) is 4.33. The summed E-state index contributed by atoms with van der Waals surface area (Å²) in [5.74, 6) is 0.689. The van der Waals surface area contributed by atoms with Crippen molar-refractivity contribution in [3.05, 3.63) is 35.9 Å². The molecule has 1 saturated carbocycles. The Balaban J connectivity index is 2.05. The van der Waals surface area contributed by atoms with Crippen molar-refractivity contribution >= 4 is 0 Å². The topological polar surface area (TPSA) is 12.0 Å². The minimum Gasteiger partial charge on any atom is -0.307 e. The Bertz CT molecular complexity index is 416. The first-order valence-electron chi connectivity index (χ1n) is 7.82. The predicted molar refractivity (Wildman–Crippen MR) is 79.0 cm³/mol. The highest BCUT2D eigenvalue weighted by Crippen LogP contribution is 2.31. The number of hydrogen-bond donors (Lipinski definition) is 1. The molecule has 2 rings (SSSR count). The van der Waals surface area contributed by atoms with Crippen molar-refractivity contribution in [1.82, 2.24) is 5.32 Å². The summed E-state index contributed by atoms with van der Waals surface area (Å²) >= 11 is 0. The average molecular weight is 299 g/mol. The minimum atomic E-state index is -4.15. The van der Waals surface area contributed by atoms with E-state index >= 15 is 0 Å². The molecule has 0 heterocycles. The van der Waals surface area contributed by atoms with Crippen LogP contribution >= 0.6 is 0 Å². The smallest absolute Gasteiger partial charge is 0.307 e. The van der Waals surface area contributed by atoms with E-state index in [-0.39, 0.29) is 6.04 Å². The molecule has 1 fully saturated rings. The van der Waals surface area contributed by atoms with E-state index < -0.39 is 18.6 Å². The first kappa shape index (κ1) is 16.3. The summed E-state index contributed by atoms with van der Waals surface area (Å²) < 4.78 is 38.5. The van der Waals surface area contributed by atoms with Crippen LogP contribution in [0.4, 0.5) is 13.2 Å². The zero-order valence-corrected chi connectivity index (χ0v) is 12.5. The van der Waals surface area contributed by atoms with Crippen LogP contribution in [0.2, 0.25) is 0 Å². The van der Waals surface area contributed by atoms with E-state index in [2.05, 4.69) is 12.2 Å². The van der Waals surface area contributed by atoms with Gasteiger partial charge >= 0.3 is 6.18 Å². The van der Waals surface area contributed by atoms with Crippen LogP contribution in [-0.2, 0) is 0 Å². The van der Waals surface area contributed by atoms with E-state index in [9.17, 15) is 13.2 Å². The molecule has 0 spiro atoms. The molecule has 0 aromatic heterocycles. The summed E-state index contributed by atoms with van der Waals surface area (Å²) in [5.41, 5.74) is 0.729. The quantitative estimate of drug-likeness (QED) is 0.750. The van der Waals surface area contributed by atoms with Gasteiger partial charge in [0.2, 0.25) is 0 Å². The molecular weight excluding hydrogens is 275 g/mol. The zero-order valence-electron chi connectivity index (χ0n) is 12.5. The molecule has 1 aliphatic rings. The summed E-state index contributed by atoms with van der Waals surface area (Å²) in [6, 6.07) is 8.56. The van der Waals surface area contributed by atoms with E-state index in [0.717, 1.165) is 31.2 Å². The van der Waals surface area contributed by atoms with Gasteiger partial charge in [0.05, 0.1) is 6.42 Å². The molecule has 0 amide bonds. The minimum absolute atomic E-state index is 0.197. The fourth-order valence-electron chi connectivity index (χ4n) is 3.13. The van der Waals surface area contributed by atoms with Crippen LogP contribution in [0.3, 0.4) is 0 Å². The van der Waals surface area contributed by atoms with Gasteiger partial charge in [0.15, 0.2) is 0 Å². The molecule has 1 N–H and O–H groups in total. The third kappa shape index (κ3) is 5.70. The van der Waals surface area contributed by atoms with Gasteiger partial charge in [-0.15, -0.1) is 0 Å². The van der Waals surface area contributed by atoms with Crippen molar-refractivity contribution in [3.8, 4) is 0 Å². The fraction of sp³-hybridized carbons (Fsp3) is 0.647. The van der Waals surface area contributed by atoms with Crippen molar-refractivity contribution < 1.29 is 13.2 Å². The second-order valence-electron chi connectivity index (χ2n) is 6.26. The van der Waals surface area contributed by atoms with Gasteiger partial charge in [-0.3, -0.25) is 0 Å². The van der Waals surface area contributed by atoms with Crippen molar-refractivity contribution in [1.29, 1.82) is 0 Å². The second-order valence-corrected chi connectivity index (χ2v) is 6.26. The fourth-order valence-corrected chi connectivity index (χ4v) is 3.13. The lowest BCUT2D eigenvalue weighted by Crippen LogP contribution is -2.35. The number of alkyl halides is 3. The molecule has 1 aromatic rings. The highest BCUT2D eigenvalue weighted by atomic mass is 19.4. The van der Waals surface area contributed by atoms with E-state index in [1.54, 1.807) is 24.3 Å². The molecule has 21 heavy (non-hydrogen) atoms. The van der Waals surface area contributed by atoms with Gasteiger partial charge in [0.25, 0.3) is 0 Å². The van der Waals surface area contributed by atoms with Crippen molar-refractivity contribution in [3.63, 3.8) is 0 Å². The van der Waals surface area contributed by atoms with Gasteiger partial charge in [-0.25, -0.2) is 0 Å². The normalized spacial score (nSPS) is 25.3. The van der Waals surface area contributed by atoms with Crippen LogP contribution in [0.1, 0.15) is 57.1 Å². The van der Waals surface area contributed by atoms with Crippen LogP contribution in [-0.4, -0.2) is 12.2 Å². The van der Waals surface area contributed by atoms with Gasteiger partial charge in [-0.2, -0.15) is 13.2 Å². The van der Waals surface area contributed by atoms with E-state index in [4.69, 9.17) is 0 Å². The molecule has 4 heteroatoms. The lowest BCUT2D eigenvalue weighted by Gasteiger charge is -2.26. The maximum absolute atomic E-state index is 12.8. The maximum atomic E-state index is 12.8. The monoisotopic (exact) mass is 299 g/mol. The third-order valence-electron chi connectivity index (χ3n) is 4.33. The summed E-state index contributed by atoms with van der Waals surface area (Å²) in [6.07, 6.45) is 0.396. The molecule has 1 aliphatic carbocycles. The van der Waals surface area contributed by atoms with Crippen LogP contribution < -0.4 is 5.32 Å². The Morgan fingerprint density at radius 3 is 2.48 bits per heavy atom. The Kier molecular flexibility index (Phi) is 5.68. The SMILES string of the molecule is CC1CCCC(NC(CC(F)(F)F)c2ccccc2)CC1. The molecule has 0 saturated heterocycles. The highest BCUT2D eigenvalue weighted by molar-refractivity contribution is 5.19. The number of rotatable bonds is 4. The highest BCUT2D eigenvalue weighted by Gasteiger charge is 2.33. The van der Waals surface area contributed by atoms with Gasteiger partial charge in [-0.05, 0) is 30.7 Å². The standard InChI is InChI=1S/C17H24F3N/c1-13-6-5-9-15(11-10-13)21-16(12-17(18,19)20)14-7-3-2-4-8-14/h2-4,7-8,13,15-16,21H,5-6,9-12H2,1H3. The van der Waals surface area contributed by atoms with Gasteiger partial charge in [-0.1, -0.05) is 50.1 Å². The zero-order chi connectivity index (χ0) is 15.3. The van der Waals surface area contributed by atoms with Gasteiger partial charge < -0.3 is 5.32 Å². The van der Waals surface area contributed by atoms with Crippen molar-refractivity contribution in [2.45, 2.75) is 63.7 Å². The Morgan fingerprint density at radius 1 is 1.10 bits per heavy atom. The molecule has 3 atom stereocenters. The van der Waals surface area contributed by atoms with Crippen LogP contribution in [0.25, 0.3) is 0 Å². The number of hydrogen-bond acceptors (Lipinski definition) is 1. The van der Waals surface area contributed by atoms with E-state index in [1.807, 2.05) is 6.07 Å². The summed E-state index contributed by atoms with van der Waals surface area (Å²) in [4.78, 5) is 0. The molecule has 0 radical (unpaired) electrons. The second kappa shape index (κ2) is 7.30. The molecule has 118 valence electrons. The Labute approximate surface area is 124 Å². The van der Waals surface area contributed by atoms with Gasteiger partial charge in [0.1, 0.15) is 0 Å². The van der Waals surface area contributed by atoms with Crippen LogP contribution in [0.5, 0.6) is 0 Å². The first-order valence-corrected chi connectivity index (χ1v) is 7.82. The van der Waals surface area contributed by atoms with Crippen molar-refractivity contribution in [2.75, 3.05) is 0 Å². The number of benzene rings is 1. The average Bonchev–Trinajstić information content (AvgIpc) is 2.63. The number of nitrogens with one attached hydrogen (secondary N) is 1. The largest absolute Gasteiger partial charge is 0.390 e. The molecule has 0 bridgehead atoms. The molecule has 1 aromatic carbocycles. The number of halogens is 3. The summed E-state index contributed by atoms with van der Waals surface area (Å²) in [6.45, 7) is 2.23. The maximum Gasteiger partial charge on any atom is 0.390 e. The Morgan fingerprint density at radius 2 is 1.81 bits per heavy atom. The Hall–Kier alpha value is -1.03. The van der Waals surface area contributed by atoms with Gasteiger partial charge in [0, 0.05) is 12.1 Å². The summed E-state index contributed by atoms with van der Waals surface area (Å²) in [5, 5.41) is 3.27. The lowest BCUT2D eigenvalue weighted by molar-refractivity contribution is -0.141. The molecule has 1 nitrogen and oxygen atoms in total. The summed E-state index contributed by atoms with van der Waals surface area (Å²) in [7, 11) is 0. The molecular formula is C17H24F3N. The lowest BCUT2D eigenvalue weighted by atomic mass is 9.99.